The molecule has 0 bridgehead atoms. The van der Waals surface area contributed by atoms with Gasteiger partial charge in [0, 0.05) is 29.7 Å². The summed E-state index contributed by atoms with van der Waals surface area (Å²) in [5.74, 6) is -0.225. The van der Waals surface area contributed by atoms with Crippen molar-refractivity contribution < 1.29 is 9.18 Å². The molecule has 1 saturated heterocycles. The number of piperidine rings is 1. The monoisotopic (exact) mass is 274 g/mol. The third-order valence-electron chi connectivity index (χ3n) is 4.23. The summed E-state index contributed by atoms with van der Waals surface area (Å²) >= 11 is 0. The van der Waals surface area contributed by atoms with Gasteiger partial charge in [-0.05, 0) is 43.9 Å². The first-order valence-corrected chi connectivity index (χ1v) is 7.28. The lowest BCUT2D eigenvalue weighted by atomic mass is 9.99. The molecule has 1 aliphatic heterocycles. The van der Waals surface area contributed by atoms with Gasteiger partial charge in [0.2, 0.25) is 0 Å². The van der Waals surface area contributed by atoms with Crippen molar-refractivity contribution in [3.05, 3.63) is 35.8 Å². The fraction of sp³-hybridized carbons (Fsp3) is 0.438. The molecule has 3 nitrogen and oxygen atoms in total. The van der Waals surface area contributed by atoms with Crippen molar-refractivity contribution in [2.24, 2.45) is 0 Å². The van der Waals surface area contributed by atoms with Crippen molar-refractivity contribution in [2.45, 2.75) is 38.6 Å². The van der Waals surface area contributed by atoms with E-state index in [2.05, 4.69) is 11.9 Å². The second kappa shape index (κ2) is 5.27. The van der Waals surface area contributed by atoms with Gasteiger partial charge in [0.1, 0.15) is 5.82 Å². The summed E-state index contributed by atoms with van der Waals surface area (Å²) in [7, 11) is 0. The predicted molar refractivity (Wildman–Crippen MR) is 77.2 cm³/mol. The lowest BCUT2D eigenvalue weighted by Crippen LogP contribution is -2.43. The van der Waals surface area contributed by atoms with E-state index >= 15 is 0 Å². The van der Waals surface area contributed by atoms with Gasteiger partial charge in [-0.1, -0.05) is 6.92 Å². The fourth-order valence-corrected chi connectivity index (χ4v) is 3.12. The van der Waals surface area contributed by atoms with Crippen molar-refractivity contribution in [3.8, 4) is 0 Å². The van der Waals surface area contributed by atoms with Crippen LogP contribution in [0, 0.1) is 5.82 Å². The largest absolute Gasteiger partial charge is 0.360 e. The minimum absolute atomic E-state index is 0.0643. The summed E-state index contributed by atoms with van der Waals surface area (Å²) in [5.41, 5.74) is 1.33. The number of fused-ring (bicyclic) bond motifs is 1. The van der Waals surface area contributed by atoms with E-state index in [4.69, 9.17) is 0 Å². The maximum atomic E-state index is 13.2. The van der Waals surface area contributed by atoms with Gasteiger partial charge in [-0.25, -0.2) is 4.39 Å². The summed E-state index contributed by atoms with van der Waals surface area (Å²) in [6.45, 7) is 2.95. The van der Waals surface area contributed by atoms with Crippen LogP contribution in [0.2, 0.25) is 0 Å². The summed E-state index contributed by atoms with van der Waals surface area (Å²) in [4.78, 5) is 17.7. The van der Waals surface area contributed by atoms with Gasteiger partial charge < -0.3 is 9.88 Å². The summed E-state index contributed by atoms with van der Waals surface area (Å²) in [6.07, 6.45) is 6.04. The number of hydrogen-bond acceptors (Lipinski definition) is 1. The Kier molecular flexibility index (Phi) is 3.47. The van der Waals surface area contributed by atoms with E-state index in [-0.39, 0.29) is 11.7 Å². The van der Waals surface area contributed by atoms with Crippen LogP contribution in [0.3, 0.4) is 0 Å². The Hall–Kier alpha value is -1.84. The van der Waals surface area contributed by atoms with Crippen LogP contribution >= 0.6 is 0 Å². The minimum atomic E-state index is -0.289. The molecule has 3 rings (SSSR count). The first-order valence-electron chi connectivity index (χ1n) is 7.28. The number of carbonyl (C=O) groups excluding carboxylic acids is 1. The third kappa shape index (κ3) is 2.19. The lowest BCUT2D eigenvalue weighted by molar-refractivity contribution is 0.0610. The molecule has 1 fully saturated rings. The third-order valence-corrected chi connectivity index (χ3v) is 4.23. The van der Waals surface area contributed by atoms with Crippen LogP contribution in [-0.2, 0) is 0 Å². The number of nitrogens with zero attached hydrogens (tertiary/aromatic N) is 1. The molecule has 1 unspecified atom stereocenters. The highest BCUT2D eigenvalue weighted by Gasteiger charge is 2.27. The highest BCUT2D eigenvalue weighted by molar-refractivity contribution is 6.06. The normalized spacial score (nSPS) is 19.5. The van der Waals surface area contributed by atoms with Gasteiger partial charge in [-0.3, -0.25) is 4.79 Å². The number of halogens is 1. The molecule has 2 heterocycles. The fourth-order valence-electron chi connectivity index (χ4n) is 3.12. The Morgan fingerprint density at radius 2 is 2.30 bits per heavy atom. The molecule has 0 aliphatic carbocycles. The number of amides is 1. The molecule has 0 radical (unpaired) electrons. The van der Waals surface area contributed by atoms with E-state index in [9.17, 15) is 9.18 Å². The average Bonchev–Trinajstić information content (AvgIpc) is 2.89. The number of aromatic amines is 1. The molecule has 1 aromatic carbocycles. The number of rotatable bonds is 2. The van der Waals surface area contributed by atoms with Gasteiger partial charge >= 0.3 is 0 Å². The van der Waals surface area contributed by atoms with Crippen LogP contribution in [0.25, 0.3) is 10.9 Å². The number of aromatic nitrogens is 1. The Morgan fingerprint density at radius 1 is 1.45 bits per heavy atom. The first-order chi connectivity index (χ1) is 9.70. The van der Waals surface area contributed by atoms with Gasteiger partial charge in [0.25, 0.3) is 5.91 Å². The Labute approximate surface area is 117 Å². The topological polar surface area (TPSA) is 36.1 Å². The van der Waals surface area contributed by atoms with Gasteiger partial charge in [-0.2, -0.15) is 0 Å². The van der Waals surface area contributed by atoms with E-state index in [0.717, 1.165) is 31.2 Å². The van der Waals surface area contributed by atoms with E-state index in [1.54, 1.807) is 12.3 Å². The Bertz CT molecular complexity index is 634. The molecule has 20 heavy (non-hydrogen) atoms. The molecule has 0 spiro atoms. The average molecular weight is 274 g/mol. The van der Waals surface area contributed by atoms with Crippen molar-refractivity contribution in [2.75, 3.05) is 6.54 Å². The predicted octanol–water partition coefficient (Wildman–Crippen LogP) is 3.71. The zero-order chi connectivity index (χ0) is 14.1. The van der Waals surface area contributed by atoms with Crippen LogP contribution in [0.4, 0.5) is 4.39 Å². The molecule has 4 heteroatoms. The van der Waals surface area contributed by atoms with Crippen molar-refractivity contribution in [1.82, 2.24) is 9.88 Å². The molecule has 106 valence electrons. The number of nitrogens with one attached hydrogen (secondary N) is 1. The van der Waals surface area contributed by atoms with E-state index < -0.39 is 0 Å². The number of likely N-dealkylation sites (tertiary alicyclic amines) is 1. The van der Waals surface area contributed by atoms with Crippen LogP contribution in [0.1, 0.15) is 43.0 Å². The molecule has 1 atom stereocenters. The smallest absolute Gasteiger partial charge is 0.256 e. The maximum Gasteiger partial charge on any atom is 0.256 e. The quantitative estimate of drug-likeness (QED) is 0.890. The van der Waals surface area contributed by atoms with Crippen LogP contribution in [0.15, 0.2) is 24.4 Å². The highest BCUT2D eigenvalue weighted by atomic mass is 19.1. The second-order valence-corrected chi connectivity index (χ2v) is 5.45. The van der Waals surface area contributed by atoms with Gasteiger partial charge in [0.15, 0.2) is 0 Å². The van der Waals surface area contributed by atoms with Crippen molar-refractivity contribution in [3.63, 3.8) is 0 Å². The molecule has 1 aliphatic rings. The van der Waals surface area contributed by atoms with E-state index in [1.165, 1.54) is 18.6 Å². The lowest BCUT2D eigenvalue weighted by Gasteiger charge is -2.35. The minimum Gasteiger partial charge on any atom is -0.360 e. The number of benzene rings is 1. The van der Waals surface area contributed by atoms with Crippen LogP contribution < -0.4 is 0 Å². The van der Waals surface area contributed by atoms with Crippen molar-refractivity contribution >= 4 is 16.8 Å². The zero-order valence-electron chi connectivity index (χ0n) is 11.7. The van der Waals surface area contributed by atoms with E-state index in [0.29, 0.717) is 17.1 Å². The van der Waals surface area contributed by atoms with Crippen molar-refractivity contribution in [1.29, 1.82) is 0 Å². The molecule has 1 aromatic heterocycles. The molecule has 1 N–H and O–H groups in total. The molecule has 0 saturated carbocycles. The summed E-state index contributed by atoms with van der Waals surface area (Å²) in [5, 5.41) is 0.803. The van der Waals surface area contributed by atoms with Gasteiger partial charge in [-0.15, -0.1) is 0 Å². The molecule has 2 aromatic rings. The zero-order valence-corrected chi connectivity index (χ0v) is 11.7. The van der Waals surface area contributed by atoms with E-state index in [1.807, 2.05) is 4.90 Å². The Morgan fingerprint density at radius 3 is 3.10 bits per heavy atom. The number of carbonyl (C=O) groups is 1. The summed E-state index contributed by atoms with van der Waals surface area (Å²) in [6, 6.07) is 4.85. The molecular formula is C16H19FN2O. The highest BCUT2D eigenvalue weighted by Crippen LogP contribution is 2.25. The maximum absolute atomic E-state index is 13.2. The molecular weight excluding hydrogens is 255 g/mol. The number of hydrogen-bond donors (Lipinski definition) is 1. The van der Waals surface area contributed by atoms with Crippen LogP contribution in [-0.4, -0.2) is 28.4 Å². The number of H-pyrrole nitrogens is 1. The standard InChI is InChI=1S/C16H19FN2O/c1-2-12-5-3-4-8-19(12)16(20)14-10-18-15-9-11(17)6-7-13(14)15/h6-7,9-10,12,18H,2-5,8H2,1H3. The Balaban J connectivity index is 1.95. The van der Waals surface area contributed by atoms with Crippen LogP contribution in [0.5, 0.6) is 0 Å². The molecule has 1 amide bonds. The van der Waals surface area contributed by atoms with Gasteiger partial charge in [0.05, 0.1) is 5.56 Å². The second-order valence-electron chi connectivity index (χ2n) is 5.45. The SMILES string of the molecule is CCC1CCCCN1C(=O)c1c[nH]c2cc(F)ccc12. The first kappa shape index (κ1) is 13.2. The summed E-state index contributed by atoms with van der Waals surface area (Å²) < 4.78 is 13.2.